The van der Waals surface area contributed by atoms with Gasteiger partial charge >= 0.3 is 0 Å². The smallest absolute Gasteiger partial charge is 0.245 e. The third-order valence-electron chi connectivity index (χ3n) is 4.37. The molecule has 0 bridgehead atoms. The monoisotopic (exact) mass is 358 g/mol. The summed E-state index contributed by atoms with van der Waals surface area (Å²) in [6.07, 6.45) is 1.91. The molecule has 1 heterocycles. The number of benzene rings is 2. The van der Waals surface area contributed by atoms with Crippen LogP contribution in [0.4, 0.5) is 0 Å². The molecule has 0 aliphatic carbocycles. The van der Waals surface area contributed by atoms with Crippen molar-refractivity contribution in [2.75, 3.05) is 13.1 Å². The third-order valence-corrected chi connectivity index (χ3v) is 5.79. The maximum absolute atomic E-state index is 12.9. The predicted octanol–water partition coefficient (Wildman–Crippen LogP) is 2.64. The number of nitrogens with zero attached hydrogens (tertiary/aromatic N) is 1. The molecule has 1 saturated heterocycles. The van der Waals surface area contributed by atoms with Crippen molar-refractivity contribution in [1.82, 2.24) is 9.62 Å². The molecule has 0 spiro atoms. The summed E-state index contributed by atoms with van der Waals surface area (Å²) in [6.45, 7) is 3.19. The number of hydrogen-bond donors (Lipinski definition) is 1. The molecule has 5 nitrogen and oxygen atoms in total. The normalized spacial score (nSPS) is 16.0. The molecule has 3 rings (SSSR count). The molecule has 0 unspecified atom stereocenters. The van der Waals surface area contributed by atoms with Crippen molar-refractivity contribution in [3.05, 3.63) is 65.7 Å². The second-order valence-electron chi connectivity index (χ2n) is 6.31. The molecule has 1 aliphatic heterocycles. The minimum absolute atomic E-state index is 0.169. The topological polar surface area (TPSA) is 66.5 Å². The second kappa shape index (κ2) is 7.37. The zero-order valence-electron chi connectivity index (χ0n) is 14.2. The van der Waals surface area contributed by atoms with E-state index in [-0.39, 0.29) is 10.8 Å². The van der Waals surface area contributed by atoms with Crippen molar-refractivity contribution in [2.45, 2.75) is 30.7 Å². The average molecular weight is 358 g/mol. The second-order valence-corrected chi connectivity index (χ2v) is 8.03. The summed E-state index contributed by atoms with van der Waals surface area (Å²) in [5.41, 5.74) is 1.50. The van der Waals surface area contributed by atoms with E-state index in [4.69, 9.17) is 0 Å². The van der Waals surface area contributed by atoms with Crippen LogP contribution in [-0.4, -0.2) is 32.3 Å². The lowest BCUT2D eigenvalue weighted by atomic mass is 10.1. The van der Waals surface area contributed by atoms with E-state index in [9.17, 15) is 13.2 Å². The van der Waals surface area contributed by atoms with Crippen LogP contribution in [0.5, 0.6) is 0 Å². The first kappa shape index (κ1) is 17.6. The molecule has 0 saturated carbocycles. The quantitative estimate of drug-likeness (QED) is 0.893. The number of amides is 1. The first-order valence-corrected chi connectivity index (χ1v) is 9.88. The van der Waals surface area contributed by atoms with Crippen molar-refractivity contribution in [3.63, 3.8) is 0 Å². The molecule has 1 atom stereocenters. The Labute approximate surface area is 148 Å². The summed E-state index contributed by atoms with van der Waals surface area (Å²) in [7, 11) is -3.80. The maximum atomic E-state index is 12.9. The zero-order chi connectivity index (χ0) is 17.9. The Morgan fingerprint density at radius 1 is 1.04 bits per heavy atom. The molecular formula is C19H22N2O3S. The summed E-state index contributed by atoms with van der Waals surface area (Å²) in [5, 5.41) is 0. The third kappa shape index (κ3) is 4.08. The summed E-state index contributed by atoms with van der Waals surface area (Å²) in [5.74, 6) is -0.195. The van der Waals surface area contributed by atoms with Crippen LogP contribution in [0.3, 0.4) is 0 Å². The van der Waals surface area contributed by atoms with E-state index < -0.39 is 16.1 Å². The molecule has 1 N–H and O–H groups in total. The highest BCUT2D eigenvalue weighted by molar-refractivity contribution is 7.89. The zero-order valence-corrected chi connectivity index (χ0v) is 15.0. The van der Waals surface area contributed by atoms with Crippen LogP contribution in [0.1, 0.15) is 30.0 Å². The van der Waals surface area contributed by atoms with Crippen molar-refractivity contribution < 1.29 is 13.2 Å². The fourth-order valence-electron chi connectivity index (χ4n) is 3.03. The molecule has 1 fully saturated rings. The Balaban J connectivity index is 1.93. The van der Waals surface area contributed by atoms with Crippen molar-refractivity contribution in [1.29, 1.82) is 0 Å². The van der Waals surface area contributed by atoms with E-state index in [2.05, 4.69) is 4.72 Å². The van der Waals surface area contributed by atoms with Crippen LogP contribution in [0.25, 0.3) is 0 Å². The Kier molecular flexibility index (Phi) is 5.20. The number of hydrogen-bond acceptors (Lipinski definition) is 3. The van der Waals surface area contributed by atoms with Gasteiger partial charge in [-0.25, -0.2) is 8.42 Å². The van der Waals surface area contributed by atoms with Gasteiger partial charge in [0.1, 0.15) is 6.04 Å². The lowest BCUT2D eigenvalue weighted by Gasteiger charge is -2.24. The fraction of sp³-hybridized carbons (Fsp3) is 0.316. The minimum Gasteiger partial charge on any atom is -0.341 e. The van der Waals surface area contributed by atoms with E-state index in [0.29, 0.717) is 18.7 Å². The number of aryl methyl sites for hydroxylation is 1. The van der Waals surface area contributed by atoms with Crippen LogP contribution < -0.4 is 4.72 Å². The van der Waals surface area contributed by atoms with Gasteiger partial charge in [-0.05, 0) is 43.0 Å². The van der Waals surface area contributed by atoms with Gasteiger partial charge in [0.15, 0.2) is 0 Å². The number of sulfonamides is 1. The first-order chi connectivity index (χ1) is 12.0. The standard InChI is InChI=1S/C19H22N2O3S/c1-15-8-7-11-17(14-15)25(23,24)20-18(16-9-3-2-4-10-16)19(22)21-12-5-6-13-21/h2-4,7-11,14,18,20H,5-6,12-13H2,1H3/t18-/m0/s1. The molecule has 1 aliphatic rings. The molecule has 6 heteroatoms. The summed E-state index contributed by atoms with van der Waals surface area (Å²) in [4.78, 5) is 14.8. The van der Waals surface area contributed by atoms with Gasteiger partial charge in [0.25, 0.3) is 0 Å². The molecule has 132 valence electrons. The van der Waals surface area contributed by atoms with E-state index in [1.807, 2.05) is 19.1 Å². The van der Waals surface area contributed by atoms with Gasteiger partial charge in [0.05, 0.1) is 4.90 Å². The van der Waals surface area contributed by atoms with Crippen molar-refractivity contribution >= 4 is 15.9 Å². The summed E-state index contributed by atoms with van der Waals surface area (Å²) >= 11 is 0. The van der Waals surface area contributed by atoms with Crippen LogP contribution >= 0.6 is 0 Å². The highest BCUT2D eigenvalue weighted by Gasteiger charge is 2.31. The van der Waals surface area contributed by atoms with Gasteiger partial charge in [0, 0.05) is 13.1 Å². The number of carbonyl (C=O) groups excluding carboxylic acids is 1. The van der Waals surface area contributed by atoms with E-state index >= 15 is 0 Å². The predicted molar refractivity (Wildman–Crippen MR) is 96.5 cm³/mol. The Morgan fingerprint density at radius 3 is 2.36 bits per heavy atom. The number of likely N-dealkylation sites (tertiary alicyclic amines) is 1. The lowest BCUT2D eigenvalue weighted by Crippen LogP contribution is -2.41. The largest absolute Gasteiger partial charge is 0.341 e. The highest BCUT2D eigenvalue weighted by atomic mass is 32.2. The number of rotatable bonds is 5. The Morgan fingerprint density at radius 2 is 1.72 bits per heavy atom. The average Bonchev–Trinajstić information content (AvgIpc) is 3.14. The van der Waals surface area contributed by atoms with Crippen molar-refractivity contribution in [3.8, 4) is 0 Å². The fourth-order valence-corrected chi connectivity index (χ4v) is 4.31. The van der Waals surface area contributed by atoms with Gasteiger partial charge < -0.3 is 4.90 Å². The Bertz CT molecular complexity index is 844. The van der Waals surface area contributed by atoms with Gasteiger partial charge in [-0.2, -0.15) is 4.72 Å². The van der Waals surface area contributed by atoms with Crippen LogP contribution in [0.15, 0.2) is 59.5 Å². The molecule has 2 aromatic carbocycles. The summed E-state index contributed by atoms with van der Waals surface area (Å²) < 4.78 is 28.2. The molecule has 0 radical (unpaired) electrons. The first-order valence-electron chi connectivity index (χ1n) is 8.40. The molecular weight excluding hydrogens is 336 g/mol. The minimum atomic E-state index is -3.80. The van der Waals surface area contributed by atoms with E-state index in [1.165, 1.54) is 6.07 Å². The van der Waals surface area contributed by atoms with Crippen molar-refractivity contribution in [2.24, 2.45) is 0 Å². The van der Waals surface area contributed by atoms with E-state index in [1.54, 1.807) is 41.3 Å². The Hall–Kier alpha value is -2.18. The van der Waals surface area contributed by atoms with Gasteiger partial charge in [-0.1, -0.05) is 42.5 Å². The number of nitrogens with one attached hydrogen (secondary N) is 1. The van der Waals surface area contributed by atoms with Gasteiger partial charge in [-0.15, -0.1) is 0 Å². The summed E-state index contributed by atoms with van der Waals surface area (Å²) in [6, 6.07) is 14.8. The maximum Gasteiger partial charge on any atom is 0.245 e. The van der Waals surface area contributed by atoms with Gasteiger partial charge in [0.2, 0.25) is 15.9 Å². The SMILES string of the molecule is Cc1cccc(S(=O)(=O)N[C@H](C(=O)N2CCCC2)c2ccccc2)c1. The van der Waals surface area contributed by atoms with Crippen LogP contribution in [0.2, 0.25) is 0 Å². The molecule has 25 heavy (non-hydrogen) atoms. The van der Waals surface area contributed by atoms with Crippen LogP contribution in [0, 0.1) is 6.92 Å². The highest BCUT2D eigenvalue weighted by Crippen LogP contribution is 2.22. The molecule has 2 aromatic rings. The number of carbonyl (C=O) groups is 1. The van der Waals surface area contributed by atoms with Crippen LogP contribution in [-0.2, 0) is 14.8 Å². The lowest BCUT2D eigenvalue weighted by molar-refractivity contribution is -0.132. The van der Waals surface area contributed by atoms with E-state index in [0.717, 1.165) is 18.4 Å². The molecule has 1 amide bonds. The molecule has 0 aromatic heterocycles. The van der Waals surface area contributed by atoms with Gasteiger partial charge in [-0.3, -0.25) is 4.79 Å².